The molecule has 0 bridgehead atoms. The van der Waals surface area contributed by atoms with Crippen molar-refractivity contribution >= 4 is 0 Å². The molecule has 0 spiro atoms. The van der Waals surface area contributed by atoms with Crippen molar-refractivity contribution in [3.05, 3.63) is 35.9 Å². The van der Waals surface area contributed by atoms with Crippen molar-refractivity contribution in [2.24, 2.45) is 7.05 Å². The number of aromatic nitrogens is 3. The molecule has 0 saturated carbocycles. The smallest absolute Gasteiger partial charge is 0.133 e. The highest BCUT2D eigenvalue weighted by Gasteiger charge is 2.03. The van der Waals surface area contributed by atoms with Crippen molar-refractivity contribution in [2.45, 2.75) is 13.0 Å². The third-order valence-corrected chi connectivity index (χ3v) is 3.07. The topological polar surface area (TPSA) is 61.2 Å². The standard InChI is InChI=1S/C14H20N4O2/c1-18-10-16-17-14(18)4-5-15-9-11-6-12(19-2)8-13(7-11)20-3/h6-8,10,15H,4-5,9H2,1-3H3. The fraction of sp³-hybridized carbons (Fsp3) is 0.429. The van der Waals surface area contributed by atoms with E-state index in [1.165, 1.54) is 0 Å². The van der Waals surface area contributed by atoms with Gasteiger partial charge in [0.15, 0.2) is 0 Å². The number of nitrogens with one attached hydrogen (secondary N) is 1. The summed E-state index contributed by atoms with van der Waals surface area (Å²) in [6, 6.07) is 5.86. The number of benzene rings is 1. The van der Waals surface area contributed by atoms with Crippen LogP contribution in [0.2, 0.25) is 0 Å². The summed E-state index contributed by atoms with van der Waals surface area (Å²) in [4.78, 5) is 0. The molecular weight excluding hydrogens is 256 g/mol. The minimum atomic E-state index is 0.755. The fourth-order valence-electron chi connectivity index (χ4n) is 1.93. The lowest BCUT2D eigenvalue weighted by molar-refractivity contribution is 0.393. The lowest BCUT2D eigenvalue weighted by Gasteiger charge is -2.09. The maximum absolute atomic E-state index is 5.25. The van der Waals surface area contributed by atoms with Gasteiger partial charge in [-0.1, -0.05) is 0 Å². The first kappa shape index (κ1) is 14.3. The van der Waals surface area contributed by atoms with E-state index in [9.17, 15) is 0 Å². The van der Waals surface area contributed by atoms with Crippen LogP contribution in [-0.4, -0.2) is 35.5 Å². The van der Waals surface area contributed by atoms with Crippen LogP contribution in [0.5, 0.6) is 11.5 Å². The number of methoxy groups -OCH3 is 2. The van der Waals surface area contributed by atoms with E-state index in [2.05, 4.69) is 15.5 Å². The van der Waals surface area contributed by atoms with E-state index in [1.807, 2.05) is 29.8 Å². The Bertz CT molecular complexity index is 532. The summed E-state index contributed by atoms with van der Waals surface area (Å²) in [6.45, 7) is 1.59. The van der Waals surface area contributed by atoms with Gasteiger partial charge in [-0.25, -0.2) is 0 Å². The molecule has 20 heavy (non-hydrogen) atoms. The SMILES string of the molecule is COc1cc(CNCCc2nncn2C)cc(OC)c1. The summed E-state index contributed by atoms with van der Waals surface area (Å²) in [7, 11) is 5.25. The molecule has 6 nitrogen and oxygen atoms in total. The van der Waals surface area contributed by atoms with Gasteiger partial charge < -0.3 is 19.4 Å². The molecule has 0 radical (unpaired) electrons. The van der Waals surface area contributed by atoms with E-state index in [-0.39, 0.29) is 0 Å². The maximum Gasteiger partial charge on any atom is 0.133 e. The first-order valence-corrected chi connectivity index (χ1v) is 6.48. The first-order chi connectivity index (χ1) is 9.72. The second-order valence-corrected chi connectivity index (χ2v) is 4.51. The number of aryl methyl sites for hydroxylation is 1. The Labute approximate surface area is 118 Å². The summed E-state index contributed by atoms with van der Waals surface area (Å²) in [5.74, 6) is 2.57. The normalized spacial score (nSPS) is 10.6. The molecule has 1 heterocycles. The van der Waals surface area contributed by atoms with Gasteiger partial charge in [-0.05, 0) is 17.7 Å². The monoisotopic (exact) mass is 276 g/mol. The predicted molar refractivity (Wildman–Crippen MR) is 76.0 cm³/mol. The van der Waals surface area contributed by atoms with Gasteiger partial charge in [0.1, 0.15) is 23.7 Å². The zero-order valence-corrected chi connectivity index (χ0v) is 12.1. The molecule has 0 atom stereocenters. The van der Waals surface area contributed by atoms with Crippen LogP contribution in [0.3, 0.4) is 0 Å². The summed E-state index contributed by atoms with van der Waals surface area (Å²) >= 11 is 0. The van der Waals surface area contributed by atoms with E-state index in [0.717, 1.165) is 42.4 Å². The summed E-state index contributed by atoms with van der Waals surface area (Å²) in [5, 5.41) is 11.3. The minimum absolute atomic E-state index is 0.755. The number of ether oxygens (including phenoxy) is 2. The highest BCUT2D eigenvalue weighted by atomic mass is 16.5. The number of hydrogen-bond acceptors (Lipinski definition) is 5. The molecule has 0 aliphatic rings. The van der Waals surface area contributed by atoms with Crippen LogP contribution >= 0.6 is 0 Å². The van der Waals surface area contributed by atoms with Crippen LogP contribution in [0.1, 0.15) is 11.4 Å². The molecule has 0 saturated heterocycles. The Hall–Kier alpha value is -2.08. The van der Waals surface area contributed by atoms with Crippen LogP contribution in [0, 0.1) is 0 Å². The van der Waals surface area contributed by atoms with Crippen LogP contribution < -0.4 is 14.8 Å². The van der Waals surface area contributed by atoms with Crippen LogP contribution in [0.15, 0.2) is 24.5 Å². The molecule has 2 aromatic rings. The summed E-state index contributed by atoms with van der Waals surface area (Å²) < 4.78 is 12.4. The highest BCUT2D eigenvalue weighted by molar-refractivity contribution is 5.38. The number of hydrogen-bond donors (Lipinski definition) is 1. The second kappa shape index (κ2) is 6.91. The molecule has 1 N–H and O–H groups in total. The lowest BCUT2D eigenvalue weighted by atomic mass is 10.2. The Morgan fingerprint density at radius 2 is 1.85 bits per heavy atom. The van der Waals surface area contributed by atoms with Crippen molar-refractivity contribution in [1.82, 2.24) is 20.1 Å². The van der Waals surface area contributed by atoms with Crippen LogP contribution in [0.25, 0.3) is 0 Å². The van der Waals surface area contributed by atoms with Gasteiger partial charge in [0.2, 0.25) is 0 Å². The molecular formula is C14H20N4O2. The number of rotatable bonds is 7. The van der Waals surface area contributed by atoms with Crippen molar-refractivity contribution in [3.63, 3.8) is 0 Å². The van der Waals surface area contributed by atoms with Gasteiger partial charge >= 0.3 is 0 Å². The molecule has 108 valence electrons. The maximum atomic E-state index is 5.25. The molecule has 0 amide bonds. The molecule has 1 aromatic carbocycles. The predicted octanol–water partition coefficient (Wildman–Crippen LogP) is 1.16. The zero-order chi connectivity index (χ0) is 14.4. The minimum Gasteiger partial charge on any atom is -0.497 e. The van der Waals surface area contributed by atoms with Crippen molar-refractivity contribution in [3.8, 4) is 11.5 Å². The van der Waals surface area contributed by atoms with Crippen LogP contribution in [-0.2, 0) is 20.0 Å². The van der Waals surface area contributed by atoms with Crippen molar-refractivity contribution < 1.29 is 9.47 Å². The third-order valence-electron chi connectivity index (χ3n) is 3.07. The molecule has 0 fully saturated rings. The largest absolute Gasteiger partial charge is 0.497 e. The summed E-state index contributed by atoms with van der Waals surface area (Å²) in [6.07, 6.45) is 2.56. The highest BCUT2D eigenvalue weighted by Crippen LogP contribution is 2.22. The first-order valence-electron chi connectivity index (χ1n) is 6.48. The van der Waals surface area contributed by atoms with Gasteiger partial charge in [-0.2, -0.15) is 0 Å². The van der Waals surface area contributed by atoms with Gasteiger partial charge in [-0.15, -0.1) is 10.2 Å². The summed E-state index contributed by atoms with van der Waals surface area (Å²) in [5.41, 5.74) is 1.12. The van der Waals surface area contributed by atoms with Gasteiger partial charge in [-0.3, -0.25) is 0 Å². The Kier molecular flexibility index (Phi) is 4.95. The van der Waals surface area contributed by atoms with Gasteiger partial charge in [0.05, 0.1) is 14.2 Å². The second-order valence-electron chi connectivity index (χ2n) is 4.51. The average molecular weight is 276 g/mol. The van der Waals surface area contributed by atoms with Gasteiger partial charge in [0.25, 0.3) is 0 Å². The molecule has 0 aliphatic heterocycles. The molecule has 0 aliphatic carbocycles. The van der Waals surface area contributed by atoms with E-state index in [1.54, 1.807) is 20.5 Å². The third kappa shape index (κ3) is 3.71. The quantitative estimate of drug-likeness (QED) is 0.769. The van der Waals surface area contributed by atoms with E-state index < -0.39 is 0 Å². The Morgan fingerprint density at radius 3 is 2.40 bits per heavy atom. The zero-order valence-electron chi connectivity index (χ0n) is 12.1. The van der Waals surface area contributed by atoms with Crippen molar-refractivity contribution in [2.75, 3.05) is 20.8 Å². The van der Waals surface area contributed by atoms with E-state index >= 15 is 0 Å². The Balaban J connectivity index is 1.86. The van der Waals surface area contributed by atoms with Gasteiger partial charge in [0, 0.05) is 32.6 Å². The lowest BCUT2D eigenvalue weighted by Crippen LogP contribution is -2.18. The molecule has 2 rings (SSSR count). The molecule has 1 aromatic heterocycles. The van der Waals surface area contributed by atoms with Crippen LogP contribution in [0.4, 0.5) is 0 Å². The fourth-order valence-corrected chi connectivity index (χ4v) is 1.93. The molecule has 0 unspecified atom stereocenters. The Morgan fingerprint density at radius 1 is 1.15 bits per heavy atom. The van der Waals surface area contributed by atoms with E-state index in [4.69, 9.17) is 9.47 Å². The van der Waals surface area contributed by atoms with Crippen molar-refractivity contribution in [1.29, 1.82) is 0 Å². The average Bonchev–Trinajstić information content (AvgIpc) is 2.88. The number of nitrogens with zero attached hydrogens (tertiary/aromatic N) is 3. The van der Waals surface area contributed by atoms with E-state index in [0.29, 0.717) is 0 Å². The molecule has 6 heteroatoms.